The SMILES string of the molecule is CCCNC(c1cnn(CC)c1)c1ncccc1Cl. The van der Waals surface area contributed by atoms with Crippen molar-refractivity contribution >= 4 is 11.6 Å². The molecule has 1 N–H and O–H groups in total. The Labute approximate surface area is 118 Å². The number of aromatic nitrogens is 3. The van der Waals surface area contributed by atoms with Gasteiger partial charge in [-0.3, -0.25) is 9.67 Å². The number of halogens is 1. The van der Waals surface area contributed by atoms with Gasteiger partial charge < -0.3 is 5.32 Å². The molecule has 1 unspecified atom stereocenters. The lowest BCUT2D eigenvalue weighted by Crippen LogP contribution is -2.24. The van der Waals surface area contributed by atoms with E-state index in [0.717, 1.165) is 30.8 Å². The van der Waals surface area contributed by atoms with E-state index in [1.165, 1.54) is 0 Å². The Balaban J connectivity index is 2.32. The molecule has 0 aliphatic carbocycles. The second-order valence-corrected chi connectivity index (χ2v) is 4.79. The molecule has 0 aromatic carbocycles. The minimum atomic E-state index is -0.00560. The van der Waals surface area contributed by atoms with Gasteiger partial charge in [-0.1, -0.05) is 18.5 Å². The maximum absolute atomic E-state index is 6.26. The molecule has 0 bridgehead atoms. The van der Waals surface area contributed by atoms with Gasteiger partial charge in [0.2, 0.25) is 0 Å². The van der Waals surface area contributed by atoms with E-state index in [2.05, 4.69) is 29.2 Å². The predicted octanol–water partition coefficient (Wildman–Crippen LogP) is 3.04. The van der Waals surface area contributed by atoms with E-state index in [0.29, 0.717) is 5.02 Å². The summed E-state index contributed by atoms with van der Waals surface area (Å²) in [6.45, 7) is 5.98. The van der Waals surface area contributed by atoms with Crippen molar-refractivity contribution in [1.29, 1.82) is 0 Å². The van der Waals surface area contributed by atoms with Crippen LogP contribution in [0.4, 0.5) is 0 Å². The molecule has 5 heteroatoms. The molecule has 0 fully saturated rings. The molecule has 2 rings (SSSR count). The summed E-state index contributed by atoms with van der Waals surface area (Å²) in [7, 11) is 0. The van der Waals surface area contributed by atoms with Gasteiger partial charge in [-0.15, -0.1) is 0 Å². The molecular weight excluding hydrogens is 260 g/mol. The van der Waals surface area contributed by atoms with Crippen molar-refractivity contribution in [2.24, 2.45) is 0 Å². The highest BCUT2D eigenvalue weighted by Crippen LogP contribution is 2.26. The number of hydrogen-bond donors (Lipinski definition) is 1. The van der Waals surface area contributed by atoms with E-state index in [4.69, 9.17) is 11.6 Å². The van der Waals surface area contributed by atoms with Crippen molar-refractivity contribution in [3.63, 3.8) is 0 Å². The molecular formula is C14H19ClN4. The Bertz CT molecular complexity index is 524. The third-order valence-corrected chi connectivity index (χ3v) is 3.29. The summed E-state index contributed by atoms with van der Waals surface area (Å²) in [5.74, 6) is 0. The molecule has 0 aliphatic rings. The van der Waals surface area contributed by atoms with Crippen molar-refractivity contribution < 1.29 is 0 Å². The zero-order valence-corrected chi connectivity index (χ0v) is 12.1. The van der Waals surface area contributed by atoms with Crippen LogP contribution in [0.3, 0.4) is 0 Å². The van der Waals surface area contributed by atoms with Gasteiger partial charge in [-0.25, -0.2) is 0 Å². The van der Waals surface area contributed by atoms with Crippen LogP contribution in [0.25, 0.3) is 0 Å². The van der Waals surface area contributed by atoms with Crippen molar-refractivity contribution in [2.45, 2.75) is 32.9 Å². The van der Waals surface area contributed by atoms with Crippen molar-refractivity contribution in [2.75, 3.05) is 6.54 Å². The highest BCUT2D eigenvalue weighted by molar-refractivity contribution is 6.31. The number of rotatable bonds is 6. The first kappa shape index (κ1) is 14.0. The topological polar surface area (TPSA) is 42.7 Å². The molecule has 4 nitrogen and oxygen atoms in total. The van der Waals surface area contributed by atoms with Crippen LogP contribution in [0.5, 0.6) is 0 Å². The lowest BCUT2D eigenvalue weighted by molar-refractivity contribution is 0.585. The monoisotopic (exact) mass is 278 g/mol. The van der Waals surface area contributed by atoms with Gasteiger partial charge in [0.05, 0.1) is 23.0 Å². The second kappa shape index (κ2) is 6.68. The molecule has 0 radical (unpaired) electrons. The standard InChI is InChI=1S/C14H19ClN4/c1-3-7-16-13(11-9-18-19(4-2)10-11)14-12(15)6-5-8-17-14/h5-6,8-10,13,16H,3-4,7H2,1-2H3. The Morgan fingerprint density at radius 3 is 2.89 bits per heavy atom. The van der Waals surface area contributed by atoms with Crippen LogP contribution in [0, 0.1) is 0 Å². The van der Waals surface area contributed by atoms with Gasteiger partial charge in [0.1, 0.15) is 0 Å². The van der Waals surface area contributed by atoms with E-state index >= 15 is 0 Å². The largest absolute Gasteiger partial charge is 0.305 e. The maximum Gasteiger partial charge on any atom is 0.0805 e. The highest BCUT2D eigenvalue weighted by Gasteiger charge is 2.19. The number of hydrogen-bond acceptors (Lipinski definition) is 3. The fraction of sp³-hybridized carbons (Fsp3) is 0.429. The molecule has 19 heavy (non-hydrogen) atoms. The van der Waals surface area contributed by atoms with Gasteiger partial charge in [-0.05, 0) is 32.0 Å². The smallest absolute Gasteiger partial charge is 0.0805 e. The summed E-state index contributed by atoms with van der Waals surface area (Å²) in [6.07, 6.45) is 6.75. The summed E-state index contributed by atoms with van der Waals surface area (Å²) in [5, 5.41) is 8.49. The van der Waals surface area contributed by atoms with E-state index in [9.17, 15) is 0 Å². The third-order valence-electron chi connectivity index (χ3n) is 2.97. The van der Waals surface area contributed by atoms with Crippen LogP contribution in [0.1, 0.15) is 37.6 Å². The Morgan fingerprint density at radius 2 is 2.26 bits per heavy atom. The summed E-state index contributed by atoms with van der Waals surface area (Å²) >= 11 is 6.26. The van der Waals surface area contributed by atoms with Gasteiger partial charge in [0.25, 0.3) is 0 Å². The molecule has 0 spiro atoms. The highest BCUT2D eigenvalue weighted by atomic mass is 35.5. The summed E-state index contributed by atoms with van der Waals surface area (Å²) in [4.78, 5) is 4.41. The first-order valence-electron chi connectivity index (χ1n) is 6.62. The quantitative estimate of drug-likeness (QED) is 0.883. The minimum Gasteiger partial charge on any atom is -0.305 e. The lowest BCUT2D eigenvalue weighted by Gasteiger charge is -2.17. The molecule has 0 aliphatic heterocycles. The first-order chi connectivity index (χ1) is 9.26. The van der Waals surface area contributed by atoms with Gasteiger partial charge in [0.15, 0.2) is 0 Å². The average molecular weight is 279 g/mol. The normalized spacial score (nSPS) is 12.6. The van der Waals surface area contributed by atoms with E-state index < -0.39 is 0 Å². The number of pyridine rings is 1. The fourth-order valence-corrected chi connectivity index (χ4v) is 2.20. The number of nitrogens with zero attached hydrogens (tertiary/aromatic N) is 3. The van der Waals surface area contributed by atoms with Gasteiger partial charge in [0, 0.05) is 24.5 Å². The second-order valence-electron chi connectivity index (χ2n) is 4.39. The van der Waals surface area contributed by atoms with Gasteiger partial charge in [-0.2, -0.15) is 5.10 Å². The predicted molar refractivity (Wildman–Crippen MR) is 77.3 cm³/mol. The van der Waals surface area contributed by atoms with Crippen LogP contribution in [-0.2, 0) is 6.54 Å². The van der Waals surface area contributed by atoms with Crippen LogP contribution in [0.15, 0.2) is 30.7 Å². The minimum absolute atomic E-state index is 0.00560. The summed E-state index contributed by atoms with van der Waals surface area (Å²) in [6, 6.07) is 3.71. The fourth-order valence-electron chi connectivity index (χ4n) is 1.97. The van der Waals surface area contributed by atoms with E-state index in [-0.39, 0.29) is 6.04 Å². The van der Waals surface area contributed by atoms with Crippen molar-refractivity contribution in [3.8, 4) is 0 Å². The molecule has 2 aromatic rings. The van der Waals surface area contributed by atoms with Crippen LogP contribution in [-0.4, -0.2) is 21.3 Å². The summed E-state index contributed by atoms with van der Waals surface area (Å²) in [5.41, 5.74) is 1.95. The zero-order valence-electron chi connectivity index (χ0n) is 11.3. The van der Waals surface area contributed by atoms with Gasteiger partial charge >= 0.3 is 0 Å². The molecule has 102 valence electrons. The molecule has 0 saturated heterocycles. The number of aryl methyl sites for hydroxylation is 1. The van der Waals surface area contributed by atoms with Crippen molar-refractivity contribution in [3.05, 3.63) is 47.0 Å². The Kier molecular flexibility index (Phi) is 4.93. The van der Waals surface area contributed by atoms with E-state index in [1.807, 2.05) is 29.2 Å². The molecule has 1 atom stereocenters. The van der Waals surface area contributed by atoms with Crippen LogP contribution in [0.2, 0.25) is 5.02 Å². The van der Waals surface area contributed by atoms with Crippen LogP contribution < -0.4 is 5.32 Å². The lowest BCUT2D eigenvalue weighted by atomic mass is 10.1. The molecule has 2 heterocycles. The summed E-state index contributed by atoms with van der Waals surface area (Å²) < 4.78 is 1.91. The Hall–Kier alpha value is -1.39. The Morgan fingerprint density at radius 1 is 1.42 bits per heavy atom. The number of nitrogens with one attached hydrogen (secondary N) is 1. The maximum atomic E-state index is 6.26. The van der Waals surface area contributed by atoms with E-state index in [1.54, 1.807) is 6.20 Å². The van der Waals surface area contributed by atoms with Crippen LogP contribution >= 0.6 is 11.6 Å². The molecule has 0 saturated carbocycles. The van der Waals surface area contributed by atoms with Crippen molar-refractivity contribution in [1.82, 2.24) is 20.1 Å². The molecule has 2 aromatic heterocycles. The first-order valence-corrected chi connectivity index (χ1v) is 7.00. The third kappa shape index (κ3) is 3.33. The molecule has 0 amide bonds. The average Bonchev–Trinajstić information content (AvgIpc) is 2.90. The zero-order chi connectivity index (χ0) is 13.7.